The third kappa shape index (κ3) is 4.00. The highest BCUT2D eigenvalue weighted by molar-refractivity contribution is 6.42. The van der Waals surface area contributed by atoms with Crippen molar-refractivity contribution in [3.8, 4) is 5.69 Å². The lowest BCUT2D eigenvalue weighted by atomic mass is 9.93. The van der Waals surface area contributed by atoms with Crippen molar-refractivity contribution in [2.45, 2.75) is 26.2 Å². The monoisotopic (exact) mass is 378 g/mol. The van der Waals surface area contributed by atoms with Crippen LogP contribution in [0.2, 0.25) is 10.0 Å². The van der Waals surface area contributed by atoms with E-state index in [0.29, 0.717) is 27.4 Å². The Kier molecular flexibility index (Phi) is 4.78. The Bertz CT molecular complexity index is 909. The maximum atomic E-state index is 6.04. The van der Waals surface area contributed by atoms with Gasteiger partial charge in [0.2, 0.25) is 0 Å². The van der Waals surface area contributed by atoms with Gasteiger partial charge in [-0.2, -0.15) is 4.68 Å². The molecule has 0 unspecified atom stereocenters. The van der Waals surface area contributed by atoms with Gasteiger partial charge >= 0.3 is 0 Å². The normalized spacial score (nSPS) is 12.0. The van der Waals surface area contributed by atoms with Gasteiger partial charge in [-0.25, -0.2) is 0 Å². The van der Waals surface area contributed by atoms with Crippen LogP contribution in [0.1, 0.15) is 32.4 Å². The molecule has 130 valence electrons. The van der Waals surface area contributed by atoms with Crippen LogP contribution in [0, 0.1) is 0 Å². The summed E-state index contributed by atoms with van der Waals surface area (Å²) in [6.45, 7) is 6.16. The molecule has 0 atom stereocenters. The van der Waals surface area contributed by atoms with E-state index < -0.39 is 0 Å². The summed E-state index contributed by atoms with van der Waals surface area (Å²) in [6, 6.07) is 7.02. The summed E-state index contributed by atoms with van der Waals surface area (Å²) in [5.74, 6) is 1.92. The summed E-state index contributed by atoms with van der Waals surface area (Å²) in [7, 11) is 0. The molecule has 9 heteroatoms. The molecule has 0 aliphatic rings. The molecular formula is C16H16Cl2N6O. The van der Waals surface area contributed by atoms with Crippen molar-refractivity contribution in [3.63, 3.8) is 0 Å². The highest BCUT2D eigenvalue weighted by Gasteiger charge is 2.19. The van der Waals surface area contributed by atoms with Crippen LogP contribution < -0.4 is 5.32 Å². The molecule has 0 radical (unpaired) electrons. The fourth-order valence-corrected chi connectivity index (χ4v) is 2.29. The highest BCUT2D eigenvalue weighted by Crippen LogP contribution is 2.25. The maximum Gasteiger partial charge on any atom is 0.181 e. The van der Waals surface area contributed by atoms with E-state index in [9.17, 15) is 0 Å². The predicted molar refractivity (Wildman–Crippen MR) is 97.0 cm³/mol. The largest absolute Gasteiger partial charge is 0.359 e. The lowest BCUT2D eigenvalue weighted by molar-refractivity contribution is 0.331. The molecule has 0 aliphatic heterocycles. The van der Waals surface area contributed by atoms with Gasteiger partial charge in [0.1, 0.15) is 5.76 Å². The minimum atomic E-state index is -0.103. The summed E-state index contributed by atoms with van der Waals surface area (Å²) in [5.41, 5.74) is 0.602. The van der Waals surface area contributed by atoms with Crippen LogP contribution in [0.5, 0.6) is 0 Å². The number of hydrogen-bond donors (Lipinski definition) is 1. The summed E-state index contributed by atoms with van der Waals surface area (Å²) >= 11 is 12.0. The molecule has 3 rings (SSSR count). The van der Waals surface area contributed by atoms with E-state index in [-0.39, 0.29) is 5.41 Å². The minimum Gasteiger partial charge on any atom is -0.359 e. The molecule has 2 heterocycles. The third-order valence-corrected chi connectivity index (χ3v) is 4.09. The van der Waals surface area contributed by atoms with E-state index in [2.05, 4.69) is 46.8 Å². The third-order valence-electron chi connectivity index (χ3n) is 3.35. The van der Waals surface area contributed by atoms with Gasteiger partial charge in [0.15, 0.2) is 11.6 Å². The first-order valence-corrected chi connectivity index (χ1v) is 8.24. The molecule has 3 aromatic rings. The van der Waals surface area contributed by atoms with Crippen LogP contribution in [0.4, 0.5) is 5.82 Å². The van der Waals surface area contributed by atoms with Gasteiger partial charge < -0.3 is 9.84 Å². The minimum absolute atomic E-state index is 0.103. The van der Waals surface area contributed by atoms with Crippen LogP contribution >= 0.6 is 23.2 Å². The smallest absolute Gasteiger partial charge is 0.181 e. The Labute approximate surface area is 154 Å². The van der Waals surface area contributed by atoms with Gasteiger partial charge in [-0.3, -0.25) is 0 Å². The number of nitrogens with one attached hydrogen (secondary N) is 1. The van der Waals surface area contributed by atoms with E-state index in [1.54, 1.807) is 35.2 Å². The predicted octanol–water partition coefficient (Wildman–Crippen LogP) is 4.34. The SMILES string of the molecule is CC(C)(C)c1cc(NC=Cc2nnnn2-c2ccc(Cl)c(Cl)c2)no1. The van der Waals surface area contributed by atoms with Crippen LogP contribution in [-0.4, -0.2) is 25.4 Å². The quantitative estimate of drug-likeness (QED) is 0.726. The average Bonchev–Trinajstić information content (AvgIpc) is 3.19. The second-order valence-corrected chi connectivity index (χ2v) is 7.17. The second kappa shape index (κ2) is 6.85. The lowest BCUT2D eigenvalue weighted by Crippen LogP contribution is -2.09. The molecular weight excluding hydrogens is 363 g/mol. The summed E-state index contributed by atoms with van der Waals surface area (Å²) < 4.78 is 6.86. The zero-order valence-electron chi connectivity index (χ0n) is 13.9. The van der Waals surface area contributed by atoms with E-state index in [4.69, 9.17) is 27.7 Å². The first-order chi connectivity index (χ1) is 11.8. The number of anilines is 1. The van der Waals surface area contributed by atoms with Crippen molar-refractivity contribution in [2.24, 2.45) is 0 Å². The van der Waals surface area contributed by atoms with Crippen LogP contribution in [0.15, 0.2) is 35.0 Å². The molecule has 1 N–H and O–H groups in total. The average molecular weight is 379 g/mol. The zero-order chi connectivity index (χ0) is 18.0. The molecule has 7 nitrogen and oxygen atoms in total. The Balaban J connectivity index is 1.76. The fourth-order valence-electron chi connectivity index (χ4n) is 2.00. The molecule has 0 aliphatic carbocycles. The van der Waals surface area contributed by atoms with E-state index in [0.717, 1.165) is 5.76 Å². The van der Waals surface area contributed by atoms with Gasteiger partial charge in [-0.15, -0.1) is 5.10 Å². The molecule has 0 bridgehead atoms. The van der Waals surface area contributed by atoms with E-state index >= 15 is 0 Å². The van der Waals surface area contributed by atoms with Crippen molar-refractivity contribution < 1.29 is 4.52 Å². The number of rotatable bonds is 4. The van der Waals surface area contributed by atoms with Crippen molar-refractivity contribution in [1.82, 2.24) is 25.4 Å². The summed E-state index contributed by atoms with van der Waals surface area (Å²) in [6.07, 6.45) is 3.40. The zero-order valence-corrected chi connectivity index (χ0v) is 15.4. The Hall–Kier alpha value is -2.38. The van der Waals surface area contributed by atoms with Gasteiger partial charge in [0.05, 0.1) is 15.7 Å². The second-order valence-electron chi connectivity index (χ2n) is 6.35. The Morgan fingerprint density at radius 1 is 1.16 bits per heavy atom. The number of benzene rings is 1. The molecule has 0 amide bonds. The number of tetrazole rings is 1. The molecule has 0 saturated carbocycles. The molecule has 0 spiro atoms. The standard InChI is InChI=1S/C16H16Cl2N6O/c1-16(2,3)13-9-14(21-25-13)19-7-6-15-20-22-23-24(15)10-4-5-11(17)12(18)8-10/h4-9H,1-3H3,(H,19,21). The topological polar surface area (TPSA) is 81.7 Å². The van der Waals surface area contributed by atoms with Gasteiger partial charge in [0.25, 0.3) is 0 Å². The van der Waals surface area contributed by atoms with Crippen LogP contribution in [0.25, 0.3) is 11.8 Å². The Morgan fingerprint density at radius 3 is 2.64 bits per heavy atom. The van der Waals surface area contributed by atoms with Crippen molar-refractivity contribution in [3.05, 3.63) is 52.1 Å². The first-order valence-electron chi connectivity index (χ1n) is 7.49. The van der Waals surface area contributed by atoms with E-state index in [1.807, 2.05) is 6.07 Å². The summed E-state index contributed by atoms with van der Waals surface area (Å²) in [4.78, 5) is 0. The van der Waals surface area contributed by atoms with Crippen LogP contribution in [0.3, 0.4) is 0 Å². The number of aromatic nitrogens is 5. The molecule has 0 saturated heterocycles. The Morgan fingerprint density at radius 2 is 1.96 bits per heavy atom. The molecule has 2 aromatic heterocycles. The van der Waals surface area contributed by atoms with Gasteiger partial charge in [0, 0.05) is 23.8 Å². The van der Waals surface area contributed by atoms with Crippen LogP contribution in [-0.2, 0) is 5.41 Å². The summed E-state index contributed by atoms with van der Waals surface area (Å²) in [5, 5.41) is 19.5. The highest BCUT2D eigenvalue weighted by atomic mass is 35.5. The number of hydrogen-bond acceptors (Lipinski definition) is 6. The molecule has 0 fully saturated rings. The van der Waals surface area contributed by atoms with Crippen molar-refractivity contribution in [1.29, 1.82) is 0 Å². The van der Waals surface area contributed by atoms with Gasteiger partial charge in [-0.1, -0.05) is 49.1 Å². The van der Waals surface area contributed by atoms with E-state index in [1.165, 1.54) is 0 Å². The number of nitrogens with zero attached hydrogens (tertiary/aromatic N) is 5. The molecule has 25 heavy (non-hydrogen) atoms. The lowest BCUT2D eigenvalue weighted by Gasteiger charge is -2.11. The van der Waals surface area contributed by atoms with Crippen molar-refractivity contribution >= 4 is 35.1 Å². The maximum absolute atomic E-state index is 6.04. The first kappa shape index (κ1) is 17.4. The molecule has 1 aromatic carbocycles. The fraction of sp³-hybridized carbons (Fsp3) is 0.250. The van der Waals surface area contributed by atoms with Crippen molar-refractivity contribution in [2.75, 3.05) is 5.32 Å². The number of halogens is 2. The van der Waals surface area contributed by atoms with Gasteiger partial charge in [-0.05, 0) is 28.6 Å².